The first-order valence-corrected chi connectivity index (χ1v) is 8.97. The van der Waals surface area contributed by atoms with Crippen LogP contribution in [0.15, 0.2) is 36.1 Å². The van der Waals surface area contributed by atoms with Crippen LogP contribution in [0.25, 0.3) is 5.57 Å². The molecule has 1 aromatic rings. The highest BCUT2D eigenvalue weighted by Gasteiger charge is 2.53. The van der Waals surface area contributed by atoms with Crippen LogP contribution in [0, 0.1) is 0 Å². The van der Waals surface area contributed by atoms with Crippen LogP contribution in [0.2, 0.25) is 0 Å². The fourth-order valence-electron chi connectivity index (χ4n) is 3.26. The fraction of sp³-hybridized carbons (Fsp3) is 0.579. The molecular weight excluding hydrogens is 318 g/mol. The molecule has 0 aliphatic carbocycles. The van der Waals surface area contributed by atoms with Gasteiger partial charge >= 0.3 is 7.12 Å². The van der Waals surface area contributed by atoms with Crippen LogP contribution in [0.4, 0.5) is 4.39 Å². The maximum absolute atomic E-state index is 15.5. The lowest BCUT2D eigenvalue weighted by molar-refractivity contribution is 0.00578. The van der Waals surface area contributed by atoms with Crippen LogP contribution >= 0.6 is 0 Å². The molecule has 0 spiro atoms. The third-order valence-electron chi connectivity index (χ3n) is 5.56. The molecule has 3 rings (SSSR count). The van der Waals surface area contributed by atoms with E-state index in [4.69, 9.17) is 15.0 Å². The third kappa shape index (κ3) is 3.82. The third-order valence-corrected chi connectivity index (χ3v) is 5.56. The van der Waals surface area contributed by atoms with Crippen molar-refractivity contribution in [2.24, 2.45) is 5.73 Å². The number of halogens is 1. The van der Waals surface area contributed by atoms with E-state index in [1.54, 1.807) is 0 Å². The minimum Gasteiger partial charge on any atom is -0.398 e. The van der Waals surface area contributed by atoms with Gasteiger partial charge in [0.25, 0.3) is 0 Å². The molecule has 0 bridgehead atoms. The van der Waals surface area contributed by atoms with E-state index in [0.717, 1.165) is 25.1 Å². The van der Waals surface area contributed by atoms with Crippen molar-refractivity contribution in [3.8, 4) is 0 Å². The molecule has 0 aromatic heterocycles. The zero-order chi connectivity index (χ0) is 18.2. The second-order valence-corrected chi connectivity index (χ2v) is 8.06. The summed E-state index contributed by atoms with van der Waals surface area (Å²) in [5.74, 6) is 0. The molecule has 136 valence electrons. The van der Waals surface area contributed by atoms with E-state index in [9.17, 15) is 0 Å². The second-order valence-electron chi connectivity index (χ2n) is 8.06. The molecule has 2 fully saturated rings. The van der Waals surface area contributed by atoms with Crippen LogP contribution < -0.4 is 5.73 Å². The van der Waals surface area contributed by atoms with E-state index >= 15 is 4.39 Å². The van der Waals surface area contributed by atoms with Crippen LogP contribution in [-0.4, -0.2) is 48.9 Å². The second kappa shape index (κ2) is 6.84. The molecule has 2 heterocycles. The highest BCUT2D eigenvalue weighted by molar-refractivity contribution is 6.55. The number of likely N-dealkylation sites (tertiary alicyclic amines) is 1. The number of rotatable bonds is 4. The van der Waals surface area contributed by atoms with Gasteiger partial charge < -0.3 is 15.0 Å². The van der Waals surface area contributed by atoms with Gasteiger partial charge in [0.1, 0.15) is 5.73 Å². The average molecular weight is 346 g/mol. The highest BCUT2D eigenvalue weighted by Crippen LogP contribution is 2.40. The van der Waals surface area contributed by atoms with Gasteiger partial charge in [-0.3, -0.25) is 4.90 Å². The Morgan fingerprint density at radius 3 is 2.32 bits per heavy atom. The molecule has 25 heavy (non-hydrogen) atoms. The van der Waals surface area contributed by atoms with Crippen molar-refractivity contribution in [3.05, 3.63) is 41.6 Å². The highest BCUT2D eigenvalue weighted by atomic mass is 19.1. The van der Waals surface area contributed by atoms with E-state index in [1.807, 2.05) is 58.0 Å². The van der Waals surface area contributed by atoms with Gasteiger partial charge in [0.05, 0.1) is 11.2 Å². The summed E-state index contributed by atoms with van der Waals surface area (Å²) in [6, 6.07) is 9.79. The van der Waals surface area contributed by atoms with E-state index in [0.29, 0.717) is 12.1 Å². The zero-order valence-corrected chi connectivity index (χ0v) is 15.6. The van der Waals surface area contributed by atoms with Gasteiger partial charge in [-0.25, -0.2) is 4.39 Å². The predicted molar refractivity (Wildman–Crippen MR) is 99.6 cm³/mol. The van der Waals surface area contributed by atoms with Gasteiger partial charge in [0.15, 0.2) is 0 Å². The van der Waals surface area contributed by atoms with Crippen molar-refractivity contribution in [1.82, 2.24) is 4.90 Å². The van der Waals surface area contributed by atoms with Crippen LogP contribution in [0.5, 0.6) is 0 Å². The molecule has 2 N–H and O–H groups in total. The van der Waals surface area contributed by atoms with Crippen LogP contribution in [-0.2, 0) is 9.31 Å². The number of benzene rings is 1. The minimum atomic E-state index is -0.975. The first-order valence-electron chi connectivity index (χ1n) is 8.97. The van der Waals surface area contributed by atoms with Gasteiger partial charge in [-0.1, -0.05) is 30.3 Å². The largest absolute Gasteiger partial charge is 0.525 e. The Kier molecular flexibility index (Phi) is 5.08. The molecule has 0 saturated carbocycles. The lowest BCUT2D eigenvalue weighted by Crippen LogP contribution is -2.41. The average Bonchev–Trinajstić information content (AvgIpc) is 3.05. The van der Waals surface area contributed by atoms with E-state index in [-0.39, 0.29) is 11.8 Å². The number of hydrogen-bond acceptors (Lipinski definition) is 4. The van der Waals surface area contributed by atoms with Crippen molar-refractivity contribution in [3.63, 3.8) is 0 Å². The SMILES string of the molecule is CC1(C)OB(C(F)=C(CN2CCC(N)C2)c2ccccc2)OC1(C)C. The number of nitrogens with two attached hydrogens (primary N) is 1. The molecule has 0 amide bonds. The fourth-order valence-corrected chi connectivity index (χ4v) is 3.26. The van der Waals surface area contributed by atoms with Gasteiger partial charge in [0.2, 0.25) is 0 Å². The van der Waals surface area contributed by atoms with E-state index in [1.165, 1.54) is 0 Å². The molecule has 1 unspecified atom stereocenters. The Morgan fingerprint density at radius 2 is 1.80 bits per heavy atom. The molecule has 2 aliphatic rings. The summed E-state index contributed by atoms with van der Waals surface area (Å²) in [7, 11) is -0.975. The normalized spacial score (nSPS) is 26.8. The van der Waals surface area contributed by atoms with Crippen molar-refractivity contribution in [1.29, 1.82) is 0 Å². The Balaban J connectivity index is 1.91. The topological polar surface area (TPSA) is 47.7 Å². The summed E-state index contributed by atoms with van der Waals surface area (Å²) in [5.41, 5.74) is 6.02. The lowest BCUT2D eigenvalue weighted by Gasteiger charge is -2.32. The van der Waals surface area contributed by atoms with Crippen molar-refractivity contribution in [2.75, 3.05) is 19.6 Å². The van der Waals surface area contributed by atoms with Gasteiger partial charge in [-0.15, -0.1) is 0 Å². The summed E-state index contributed by atoms with van der Waals surface area (Å²) in [6.45, 7) is 9.91. The molecule has 0 radical (unpaired) electrons. The molecule has 6 heteroatoms. The summed E-state index contributed by atoms with van der Waals surface area (Å²) >= 11 is 0. The van der Waals surface area contributed by atoms with Gasteiger partial charge in [0, 0.05) is 31.2 Å². The Hall–Kier alpha value is -1.21. The maximum Gasteiger partial charge on any atom is 0.525 e. The zero-order valence-electron chi connectivity index (χ0n) is 15.6. The summed E-state index contributed by atoms with van der Waals surface area (Å²) < 4.78 is 27.3. The summed E-state index contributed by atoms with van der Waals surface area (Å²) in [5, 5.41) is 0. The molecule has 1 aromatic carbocycles. The maximum atomic E-state index is 15.5. The molecule has 2 saturated heterocycles. The summed E-state index contributed by atoms with van der Waals surface area (Å²) in [4.78, 5) is 2.19. The molecule has 1 atom stereocenters. The molecular formula is C19H28BFN2O2. The van der Waals surface area contributed by atoms with E-state index < -0.39 is 18.3 Å². The standard InChI is InChI=1S/C19H28BFN2O2/c1-18(2)19(3,4)25-20(24-18)17(21)16(14-8-6-5-7-9-14)13-23-11-10-15(22)12-23/h5-9,15H,10-13,22H2,1-4H3. The minimum absolute atomic E-state index is 0.164. The van der Waals surface area contributed by atoms with E-state index in [2.05, 4.69) is 4.90 Å². The Labute approximate surface area is 150 Å². The quantitative estimate of drug-likeness (QED) is 0.852. The smallest absolute Gasteiger partial charge is 0.398 e. The molecule has 2 aliphatic heterocycles. The van der Waals surface area contributed by atoms with Crippen LogP contribution in [0.1, 0.15) is 39.7 Å². The first kappa shape index (κ1) is 18.6. The lowest BCUT2D eigenvalue weighted by atomic mass is 9.82. The first-order chi connectivity index (χ1) is 11.7. The summed E-state index contributed by atoms with van der Waals surface area (Å²) in [6.07, 6.45) is 0.945. The number of hydrogen-bond donors (Lipinski definition) is 1. The monoisotopic (exact) mass is 346 g/mol. The predicted octanol–water partition coefficient (Wildman–Crippen LogP) is 3.03. The van der Waals surface area contributed by atoms with Crippen LogP contribution in [0.3, 0.4) is 0 Å². The van der Waals surface area contributed by atoms with Crippen molar-refractivity contribution in [2.45, 2.75) is 51.4 Å². The Morgan fingerprint density at radius 1 is 1.20 bits per heavy atom. The van der Waals surface area contributed by atoms with Crippen molar-refractivity contribution < 1.29 is 13.7 Å². The number of nitrogens with zero attached hydrogens (tertiary/aromatic N) is 1. The molecule has 4 nitrogen and oxygen atoms in total. The van der Waals surface area contributed by atoms with Crippen molar-refractivity contribution >= 4 is 12.7 Å². The van der Waals surface area contributed by atoms with Gasteiger partial charge in [-0.2, -0.15) is 0 Å². The van der Waals surface area contributed by atoms with Gasteiger partial charge in [-0.05, 0) is 39.7 Å². The Bertz CT molecular complexity index is 632.